The second kappa shape index (κ2) is 14.6. The molecule has 5 aliphatic rings. The Balaban J connectivity index is 1.36. The molecule has 0 spiro atoms. The van der Waals surface area contributed by atoms with Gasteiger partial charge in [0.1, 0.15) is 0 Å². The molecule has 1 N–H and O–H groups in total. The Kier molecular flexibility index (Phi) is 11.7. The fourth-order valence-corrected chi connectivity index (χ4v) is 13.4. The number of fused-ring (bicyclic) bond motifs is 7. The zero-order valence-electron chi connectivity index (χ0n) is 31.3. The average molecular weight is 736 g/mol. The van der Waals surface area contributed by atoms with Crippen LogP contribution >= 0.6 is 15.9 Å². The third-order valence-corrected chi connectivity index (χ3v) is 16.0. The van der Waals surface area contributed by atoms with Gasteiger partial charge < -0.3 is 19.3 Å². The molecule has 2 unspecified atom stereocenters. The first-order valence-electron chi connectivity index (χ1n) is 19.5. The van der Waals surface area contributed by atoms with Gasteiger partial charge in [-0.25, -0.2) is 0 Å². The molecule has 1 aliphatic heterocycles. The summed E-state index contributed by atoms with van der Waals surface area (Å²) in [5, 5.41) is 13.6. The van der Waals surface area contributed by atoms with Crippen LogP contribution < -0.4 is 0 Å². The quantitative estimate of drug-likeness (QED) is 0.0829. The maximum Gasteiger partial charge on any atom is 0.312 e. The summed E-state index contributed by atoms with van der Waals surface area (Å²) < 4.78 is 18.1. The number of aliphatic hydroxyl groups is 1. The summed E-state index contributed by atoms with van der Waals surface area (Å²) in [5.74, 6) is 0.547. The number of alkyl halides is 1. The topological polar surface area (TPSA) is 82.1 Å². The van der Waals surface area contributed by atoms with Crippen molar-refractivity contribution in [2.45, 2.75) is 162 Å². The molecular weight excluding hydrogens is 668 g/mol. The lowest BCUT2D eigenvalue weighted by Gasteiger charge is -2.71. The summed E-state index contributed by atoms with van der Waals surface area (Å²) in [6.07, 6.45) is 15.3. The Morgan fingerprint density at radius 2 is 1.54 bits per heavy atom. The van der Waals surface area contributed by atoms with Gasteiger partial charge in [-0.15, -0.1) is 0 Å². The summed E-state index contributed by atoms with van der Waals surface area (Å²) >= 11 is 3.52. The van der Waals surface area contributed by atoms with E-state index in [9.17, 15) is 14.7 Å². The molecule has 11 atom stereocenters. The predicted octanol–water partition coefficient (Wildman–Crippen LogP) is 9.59. The van der Waals surface area contributed by atoms with E-state index < -0.39 is 11.5 Å². The lowest BCUT2D eigenvalue weighted by molar-refractivity contribution is -0.255. The maximum atomic E-state index is 14.3. The number of halogens is 1. The van der Waals surface area contributed by atoms with Crippen molar-refractivity contribution < 1.29 is 28.9 Å². The van der Waals surface area contributed by atoms with Crippen LogP contribution in [0.1, 0.15) is 144 Å². The molecule has 48 heavy (non-hydrogen) atoms. The fourth-order valence-electron chi connectivity index (χ4n) is 13.0. The third kappa shape index (κ3) is 6.28. The zero-order chi connectivity index (χ0) is 35.1. The molecule has 1 heterocycles. The van der Waals surface area contributed by atoms with Gasteiger partial charge in [-0.05, 0) is 119 Å². The number of aliphatic hydroxyl groups excluding tert-OH is 1. The van der Waals surface area contributed by atoms with Crippen LogP contribution in [-0.2, 0) is 23.8 Å². The Bertz CT molecular complexity index is 1190. The number of ether oxygens (including phenoxy) is 3. The molecule has 0 bridgehead atoms. The van der Waals surface area contributed by atoms with Gasteiger partial charge >= 0.3 is 11.9 Å². The van der Waals surface area contributed by atoms with E-state index in [-0.39, 0.29) is 75.9 Å². The highest BCUT2D eigenvalue weighted by Crippen LogP contribution is 2.77. The molecule has 274 valence electrons. The van der Waals surface area contributed by atoms with Gasteiger partial charge in [0.25, 0.3) is 0 Å². The predicted molar refractivity (Wildman–Crippen MR) is 195 cm³/mol. The van der Waals surface area contributed by atoms with E-state index in [4.69, 9.17) is 14.2 Å². The molecule has 5 rings (SSSR count). The second-order valence-electron chi connectivity index (χ2n) is 18.0. The summed E-state index contributed by atoms with van der Waals surface area (Å²) in [7, 11) is 1.45. The van der Waals surface area contributed by atoms with Crippen molar-refractivity contribution in [1.82, 2.24) is 0 Å². The van der Waals surface area contributed by atoms with Crippen molar-refractivity contribution >= 4 is 27.9 Å². The molecule has 0 amide bonds. The highest BCUT2D eigenvalue weighted by molar-refractivity contribution is 9.09. The van der Waals surface area contributed by atoms with E-state index in [2.05, 4.69) is 64.1 Å². The Morgan fingerprint density at radius 1 is 0.896 bits per heavy atom. The van der Waals surface area contributed by atoms with Gasteiger partial charge in [-0.2, -0.15) is 0 Å². The van der Waals surface area contributed by atoms with E-state index in [1.54, 1.807) is 0 Å². The molecule has 7 heteroatoms. The summed E-state index contributed by atoms with van der Waals surface area (Å²) in [6.45, 7) is 18.7. The van der Waals surface area contributed by atoms with Crippen molar-refractivity contribution in [2.24, 2.45) is 51.2 Å². The highest BCUT2D eigenvalue weighted by Gasteiger charge is 2.76. The lowest BCUT2D eigenvalue weighted by Crippen LogP contribution is -2.69. The molecule has 0 aromatic heterocycles. The Labute approximate surface area is 300 Å². The van der Waals surface area contributed by atoms with Gasteiger partial charge in [0, 0.05) is 10.7 Å². The highest BCUT2D eigenvalue weighted by atomic mass is 79.9. The number of carbonyl (C=O) groups is 2. The number of carbonyl (C=O) groups excluding carboxylic acids is 2. The molecular formula is C41H67BrO6. The van der Waals surface area contributed by atoms with Crippen LogP contribution in [0.5, 0.6) is 0 Å². The smallest absolute Gasteiger partial charge is 0.312 e. The summed E-state index contributed by atoms with van der Waals surface area (Å²) in [4.78, 5) is 27.0. The largest absolute Gasteiger partial charge is 0.469 e. The summed E-state index contributed by atoms with van der Waals surface area (Å²) in [6, 6.07) is 0. The number of unbranched alkanes of at least 4 members (excludes halogenated alkanes) is 7. The minimum absolute atomic E-state index is 0.00888. The maximum absolute atomic E-state index is 14.3. The van der Waals surface area contributed by atoms with Crippen LogP contribution in [0.25, 0.3) is 0 Å². The van der Waals surface area contributed by atoms with Gasteiger partial charge in [-0.1, -0.05) is 87.4 Å². The van der Waals surface area contributed by atoms with E-state index in [0.29, 0.717) is 13.0 Å². The van der Waals surface area contributed by atoms with E-state index in [1.165, 1.54) is 45.6 Å². The first-order chi connectivity index (χ1) is 22.6. The van der Waals surface area contributed by atoms with Crippen LogP contribution in [-0.4, -0.2) is 53.9 Å². The third-order valence-electron chi connectivity index (χ3n) is 15.4. The van der Waals surface area contributed by atoms with Gasteiger partial charge in [0.2, 0.25) is 0 Å². The molecule has 0 radical (unpaired) electrons. The fraction of sp³-hybridized carbons (Fsp3) is 0.902. The minimum Gasteiger partial charge on any atom is -0.469 e. The van der Waals surface area contributed by atoms with Crippen LogP contribution in [0.15, 0.2) is 12.2 Å². The van der Waals surface area contributed by atoms with E-state index in [0.717, 1.165) is 62.3 Å². The molecule has 1 saturated heterocycles. The zero-order valence-corrected chi connectivity index (χ0v) is 32.9. The van der Waals surface area contributed by atoms with Crippen LogP contribution in [0.2, 0.25) is 0 Å². The number of esters is 2. The Morgan fingerprint density at radius 3 is 2.17 bits per heavy atom. The number of hydrogen-bond donors (Lipinski definition) is 1. The molecule has 5 fully saturated rings. The molecule has 0 aromatic rings. The standard InChI is InChI=1S/C41H67BrO6/c1-27(2)28-17-20-41(36(45)47-24-16-14-12-10-9-11-13-15-23-42)22-21-38(5)29(34(28)41)25-30(43)35-39(38,6)19-18-31-37(3,4)48-32(40(31,35)7)26-33(44)46-8/h28-32,34-35,43H,1,9-26H2,2-8H3/t28-,29+,30+,31?,32?,34+,35-,38+,39+,40+,41-/m0/s1. The number of methoxy groups -OCH3 is 1. The summed E-state index contributed by atoms with van der Waals surface area (Å²) in [5.41, 5.74) is -0.348. The van der Waals surface area contributed by atoms with Crippen LogP contribution in [0.3, 0.4) is 0 Å². The first-order valence-corrected chi connectivity index (χ1v) is 20.6. The van der Waals surface area contributed by atoms with Crippen LogP contribution in [0.4, 0.5) is 0 Å². The van der Waals surface area contributed by atoms with Crippen molar-refractivity contribution in [3.8, 4) is 0 Å². The minimum atomic E-state index is -0.545. The number of hydrogen-bond acceptors (Lipinski definition) is 6. The van der Waals surface area contributed by atoms with E-state index in [1.807, 2.05) is 0 Å². The molecule has 6 nitrogen and oxygen atoms in total. The molecule has 4 aliphatic carbocycles. The van der Waals surface area contributed by atoms with Crippen molar-refractivity contribution in [3.63, 3.8) is 0 Å². The Hall–Kier alpha value is -0.920. The van der Waals surface area contributed by atoms with Crippen molar-refractivity contribution in [1.29, 1.82) is 0 Å². The van der Waals surface area contributed by atoms with Crippen molar-refractivity contribution in [2.75, 3.05) is 19.0 Å². The SMILES string of the molecule is C=C(C)[C@@H]1CC[C@]2(C(=O)OCCCCCCCCCCBr)CC[C@]3(C)[C@H](C[C@@H](O)[C@@H]4[C@@]5(C)C(CC(=O)OC)OC(C)(C)C5CC[C@]43C)[C@@H]12. The number of rotatable bonds is 14. The van der Waals surface area contributed by atoms with Gasteiger partial charge in [0.15, 0.2) is 0 Å². The van der Waals surface area contributed by atoms with E-state index >= 15 is 0 Å². The first kappa shape index (κ1) is 38.3. The van der Waals surface area contributed by atoms with Crippen LogP contribution in [0, 0.1) is 51.2 Å². The van der Waals surface area contributed by atoms with Gasteiger partial charge in [0.05, 0.1) is 43.4 Å². The second-order valence-corrected chi connectivity index (χ2v) is 18.8. The molecule has 0 aromatic carbocycles. The normalized spacial score (nSPS) is 42.6. The van der Waals surface area contributed by atoms with Gasteiger partial charge in [-0.3, -0.25) is 9.59 Å². The molecule has 4 saturated carbocycles. The average Bonchev–Trinajstić information content (AvgIpc) is 3.52. The number of allylic oxidation sites excluding steroid dienone is 1. The monoisotopic (exact) mass is 734 g/mol. The van der Waals surface area contributed by atoms with Crippen molar-refractivity contribution in [3.05, 3.63) is 12.2 Å². The lowest BCUT2D eigenvalue weighted by atomic mass is 9.33.